The van der Waals surface area contributed by atoms with Gasteiger partial charge in [0.25, 0.3) is 0 Å². The fourth-order valence-electron chi connectivity index (χ4n) is 2.57. The van der Waals surface area contributed by atoms with Gasteiger partial charge < -0.3 is 0 Å². The van der Waals surface area contributed by atoms with Gasteiger partial charge in [0.1, 0.15) is 0 Å². The fraction of sp³-hybridized carbons (Fsp3) is 0. The Bertz CT molecular complexity index is 1020. The molecule has 0 aliphatic rings. The van der Waals surface area contributed by atoms with Crippen molar-refractivity contribution in [3.05, 3.63) is 78.4 Å². The zero-order valence-corrected chi connectivity index (χ0v) is 13.2. The van der Waals surface area contributed by atoms with Gasteiger partial charge in [-0.1, -0.05) is 48.5 Å². The lowest BCUT2D eigenvalue weighted by Crippen LogP contribution is -2.13. The molecular formula is C18H13F2NO2S. The first-order valence-electron chi connectivity index (χ1n) is 7.04. The molecule has 3 nitrogen and oxygen atoms in total. The number of hydrogen-bond donors (Lipinski definition) is 1. The van der Waals surface area contributed by atoms with Crippen molar-refractivity contribution in [2.24, 2.45) is 5.14 Å². The summed E-state index contributed by atoms with van der Waals surface area (Å²) < 4.78 is 50.4. The van der Waals surface area contributed by atoms with Crippen LogP contribution >= 0.6 is 0 Å². The molecule has 0 aliphatic heterocycles. The van der Waals surface area contributed by atoms with E-state index in [0.717, 1.165) is 12.1 Å². The lowest BCUT2D eigenvalue weighted by molar-refractivity contribution is 0.509. The molecule has 0 fully saturated rings. The topological polar surface area (TPSA) is 60.2 Å². The Morgan fingerprint density at radius 3 is 1.92 bits per heavy atom. The molecule has 2 N–H and O–H groups in total. The van der Waals surface area contributed by atoms with Crippen molar-refractivity contribution in [1.82, 2.24) is 0 Å². The van der Waals surface area contributed by atoms with Crippen LogP contribution in [0.2, 0.25) is 0 Å². The highest BCUT2D eigenvalue weighted by Crippen LogP contribution is 2.35. The maximum absolute atomic E-state index is 13.6. The molecular weight excluding hydrogens is 332 g/mol. The fourth-order valence-corrected chi connectivity index (χ4v) is 3.32. The Morgan fingerprint density at radius 1 is 0.708 bits per heavy atom. The number of benzene rings is 3. The summed E-state index contributed by atoms with van der Waals surface area (Å²) in [5.74, 6) is -1.91. The summed E-state index contributed by atoms with van der Waals surface area (Å²) in [5.41, 5.74) is 1.98. The number of halogens is 2. The monoisotopic (exact) mass is 345 g/mol. The van der Waals surface area contributed by atoms with Crippen LogP contribution < -0.4 is 5.14 Å². The minimum atomic E-state index is -3.93. The van der Waals surface area contributed by atoms with Crippen molar-refractivity contribution in [2.45, 2.75) is 4.90 Å². The summed E-state index contributed by atoms with van der Waals surface area (Å²) in [6.07, 6.45) is 0. The molecule has 0 saturated carbocycles. The lowest BCUT2D eigenvalue weighted by Gasteiger charge is -2.13. The first-order chi connectivity index (χ1) is 11.4. The second-order valence-corrected chi connectivity index (χ2v) is 6.75. The molecule has 0 bridgehead atoms. The highest BCUT2D eigenvalue weighted by Gasteiger charge is 2.17. The minimum absolute atomic E-state index is 0.0277. The van der Waals surface area contributed by atoms with Crippen molar-refractivity contribution < 1.29 is 17.2 Å². The summed E-state index contributed by atoms with van der Waals surface area (Å²) in [4.78, 5) is -0.0277. The van der Waals surface area contributed by atoms with Crippen LogP contribution in [0.5, 0.6) is 0 Å². The van der Waals surface area contributed by atoms with E-state index in [1.54, 1.807) is 42.5 Å². The van der Waals surface area contributed by atoms with Gasteiger partial charge in [0.2, 0.25) is 10.0 Å². The van der Waals surface area contributed by atoms with Crippen molar-refractivity contribution >= 4 is 10.0 Å². The molecule has 0 aliphatic carbocycles. The Kier molecular flexibility index (Phi) is 4.17. The van der Waals surface area contributed by atoms with Crippen molar-refractivity contribution in [1.29, 1.82) is 0 Å². The first kappa shape index (κ1) is 16.3. The van der Waals surface area contributed by atoms with Gasteiger partial charge in [-0.3, -0.25) is 0 Å². The third kappa shape index (κ3) is 3.06. The van der Waals surface area contributed by atoms with Gasteiger partial charge >= 0.3 is 0 Å². The van der Waals surface area contributed by atoms with Crippen LogP contribution in [0.25, 0.3) is 22.3 Å². The van der Waals surface area contributed by atoms with Gasteiger partial charge in [-0.15, -0.1) is 0 Å². The molecule has 0 atom stereocenters. The van der Waals surface area contributed by atoms with Gasteiger partial charge in [-0.05, 0) is 34.9 Å². The van der Waals surface area contributed by atoms with Crippen LogP contribution in [0, 0.1) is 11.6 Å². The van der Waals surface area contributed by atoms with Crippen LogP contribution in [0.4, 0.5) is 8.78 Å². The van der Waals surface area contributed by atoms with Crippen molar-refractivity contribution in [3.8, 4) is 22.3 Å². The van der Waals surface area contributed by atoms with Gasteiger partial charge in [-0.2, -0.15) is 0 Å². The largest absolute Gasteiger partial charge is 0.238 e. The summed E-state index contributed by atoms with van der Waals surface area (Å²) in [7, 11) is -3.93. The van der Waals surface area contributed by atoms with E-state index in [1.807, 2.05) is 0 Å². The molecule has 6 heteroatoms. The van der Waals surface area contributed by atoms with E-state index in [4.69, 9.17) is 5.14 Å². The van der Waals surface area contributed by atoms with E-state index < -0.39 is 21.7 Å². The van der Waals surface area contributed by atoms with Crippen LogP contribution in [-0.4, -0.2) is 8.42 Å². The zero-order chi connectivity index (χ0) is 17.3. The van der Waals surface area contributed by atoms with Gasteiger partial charge in [-0.25, -0.2) is 22.3 Å². The van der Waals surface area contributed by atoms with Crippen molar-refractivity contribution in [3.63, 3.8) is 0 Å². The predicted molar refractivity (Wildman–Crippen MR) is 88.6 cm³/mol. The van der Waals surface area contributed by atoms with E-state index in [0.29, 0.717) is 22.3 Å². The third-order valence-electron chi connectivity index (χ3n) is 3.64. The molecule has 3 aromatic rings. The lowest BCUT2D eigenvalue weighted by atomic mass is 9.94. The number of sulfonamides is 1. The van der Waals surface area contributed by atoms with Crippen LogP contribution in [0.1, 0.15) is 0 Å². The van der Waals surface area contributed by atoms with Gasteiger partial charge in [0.15, 0.2) is 11.6 Å². The molecule has 0 unspecified atom stereocenters. The maximum Gasteiger partial charge on any atom is 0.238 e. The van der Waals surface area contributed by atoms with Gasteiger partial charge in [0, 0.05) is 5.56 Å². The second-order valence-electron chi connectivity index (χ2n) is 5.22. The first-order valence-corrected chi connectivity index (χ1v) is 8.59. The van der Waals surface area contributed by atoms with E-state index >= 15 is 0 Å². The smallest absolute Gasteiger partial charge is 0.225 e. The Hall–Kier alpha value is -2.57. The van der Waals surface area contributed by atoms with E-state index in [-0.39, 0.29) is 4.90 Å². The Balaban J connectivity index is 2.27. The Morgan fingerprint density at radius 2 is 1.29 bits per heavy atom. The summed E-state index contributed by atoms with van der Waals surface area (Å²) in [6, 6.07) is 16.7. The minimum Gasteiger partial charge on any atom is -0.225 e. The molecule has 3 aromatic carbocycles. The molecule has 0 spiro atoms. The quantitative estimate of drug-likeness (QED) is 0.781. The molecule has 0 aromatic heterocycles. The summed E-state index contributed by atoms with van der Waals surface area (Å²) in [6.45, 7) is 0. The van der Waals surface area contributed by atoms with Crippen LogP contribution in [0.15, 0.2) is 71.6 Å². The normalized spacial score (nSPS) is 11.5. The average Bonchev–Trinajstić information content (AvgIpc) is 2.57. The highest BCUT2D eigenvalue weighted by molar-refractivity contribution is 7.89. The van der Waals surface area contributed by atoms with E-state index in [9.17, 15) is 17.2 Å². The maximum atomic E-state index is 13.6. The Labute approximate surface area is 138 Å². The number of nitrogens with two attached hydrogens (primary N) is 1. The zero-order valence-electron chi connectivity index (χ0n) is 12.4. The van der Waals surface area contributed by atoms with E-state index in [2.05, 4.69) is 0 Å². The predicted octanol–water partition coefficient (Wildman–Crippen LogP) is 3.95. The third-order valence-corrected chi connectivity index (χ3v) is 4.61. The molecule has 0 heterocycles. The summed E-state index contributed by atoms with van der Waals surface area (Å²) in [5, 5.41) is 5.29. The number of rotatable bonds is 3. The average molecular weight is 345 g/mol. The number of hydrogen-bond acceptors (Lipinski definition) is 2. The molecule has 0 amide bonds. The molecule has 122 valence electrons. The number of primary sulfonamides is 1. The highest BCUT2D eigenvalue weighted by atomic mass is 32.2. The van der Waals surface area contributed by atoms with Crippen LogP contribution in [0.3, 0.4) is 0 Å². The van der Waals surface area contributed by atoms with Crippen LogP contribution in [-0.2, 0) is 10.0 Å². The SMILES string of the molecule is NS(=O)(=O)c1ccccc1-c1ccccc1-c1ccc(F)c(F)c1. The molecule has 24 heavy (non-hydrogen) atoms. The van der Waals surface area contributed by atoms with Gasteiger partial charge in [0.05, 0.1) is 4.90 Å². The molecule has 0 radical (unpaired) electrons. The summed E-state index contributed by atoms with van der Waals surface area (Å²) >= 11 is 0. The second kappa shape index (κ2) is 6.14. The standard InChI is InChI=1S/C18H13F2NO2S/c19-16-10-9-12(11-17(16)20)13-5-1-2-6-14(13)15-7-3-4-8-18(15)24(21,22)23/h1-11H,(H2,21,22,23). The molecule has 0 saturated heterocycles. The molecule has 3 rings (SSSR count). The van der Waals surface area contributed by atoms with Crippen molar-refractivity contribution in [2.75, 3.05) is 0 Å². The van der Waals surface area contributed by atoms with E-state index in [1.165, 1.54) is 12.1 Å².